The lowest BCUT2D eigenvalue weighted by atomic mass is 10.1. The van der Waals surface area contributed by atoms with Crippen LogP contribution >= 0.6 is 27.5 Å². The van der Waals surface area contributed by atoms with Gasteiger partial charge in [-0.2, -0.15) is 0 Å². The van der Waals surface area contributed by atoms with Crippen molar-refractivity contribution in [2.75, 3.05) is 7.11 Å². The van der Waals surface area contributed by atoms with Gasteiger partial charge in [-0.25, -0.2) is 4.39 Å². The van der Waals surface area contributed by atoms with Gasteiger partial charge in [-0.15, -0.1) is 0 Å². The highest BCUT2D eigenvalue weighted by Gasteiger charge is 2.13. The summed E-state index contributed by atoms with van der Waals surface area (Å²) in [6, 6.07) is 10.4. The highest BCUT2D eigenvalue weighted by molar-refractivity contribution is 9.10. The monoisotopic (exact) mass is 371 g/mol. The average molecular weight is 373 g/mol. The lowest BCUT2D eigenvalue weighted by molar-refractivity contribution is 0.405. The number of nitrogens with one attached hydrogen (secondary N) is 1. The third-order valence-electron chi connectivity index (χ3n) is 3.31. The Labute approximate surface area is 137 Å². The maximum Gasteiger partial charge on any atom is 0.129 e. The third-order valence-corrected chi connectivity index (χ3v) is 4.16. The van der Waals surface area contributed by atoms with E-state index in [9.17, 15) is 4.39 Å². The molecule has 0 heterocycles. The Balaban J connectivity index is 2.13. The van der Waals surface area contributed by atoms with Crippen LogP contribution in [-0.4, -0.2) is 7.11 Å². The molecule has 21 heavy (non-hydrogen) atoms. The summed E-state index contributed by atoms with van der Waals surface area (Å²) in [5.41, 5.74) is 1.48. The van der Waals surface area contributed by atoms with Crippen molar-refractivity contribution in [2.24, 2.45) is 0 Å². The number of ether oxygens (including phenoxy) is 1. The maximum absolute atomic E-state index is 13.9. The van der Waals surface area contributed by atoms with E-state index in [1.54, 1.807) is 13.2 Å². The molecular weight excluding hydrogens is 357 g/mol. The van der Waals surface area contributed by atoms with Crippen LogP contribution in [0, 0.1) is 5.82 Å². The fourth-order valence-corrected chi connectivity index (χ4v) is 2.69. The molecule has 2 aromatic carbocycles. The molecule has 0 aliphatic carbocycles. The SMILES string of the molecule is COc1cccc(Cl)c1CNC(C)c1ccc(Br)cc1F. The van der Waals surface area contributed by atoms with Crippen LogP contribution in [0.15, 0.2) is 40.9 Å². The zero-order valence-corrected chi connectivity index (χ0v) is 14.1. The number of hydrogen-bond acceptors (Lipinski definition) is 2. The smallest absolute Gasteiger partial charge is 0.129 e. The molecule has 1 N–H and O–H groups in total. The number of hydrogen-bond donors (Lipinski definition) is 1. The minimum absolute atomic E-state index is 0.140. The Morgan fingerprint density at radius 1 is 1.33 bits per heavy atom. The first-order chi connectivity index (χ1) is 10.0. The van der Waals surface area contributed by atoms with Crippen molar-refractivity contribution in [1.82, 2.24) is 5.32 Å². The number of methoxy groups -OCH3 is 1. The third kappa shape index (κ3) is 3.96. The summed E-state index contributed by atoms with van der Waals surface area (Å²) in [6.07, 6.45) is 0. The van der Waals surface area contributed by atoms with Gasteiger partial charge in [0.25, 0.3) is 0 Å². The highest BCUT2D eigenvalue weighted by Crippen LogP contribution is 2.27. The summed E-state index contributed by atoms with van der Waals surface area (Å²) in [6.45, 7) is 2.41. The zero-order valence-electron chi connectivity index (χ0n) is 11.8. The van der Waals surface area contributed by atoms with E-state index in [4.69, 9.17) is 16.3 Å². The lowest BCUT2D eigenvalue weighted by Crippen LogP contribution is -2.19. The highest BCUT2D eigenvalue weighted by atomic mass is 79.9. The molecule has 2 nitrogen and oxygen atoms in total. The van der Waals surface area contributed by atoms with Gasteiger partial charge in [-0.3, -0.25) is 0 Å². The molecule has 0 saturated heterocycles. The summed E-state index contributed by atoms with van der Waals surface area (Å²) in [4.78, 5) is 0. The molecule has 0 spiro atoms. The van der Waals surface area contributed by atoms with Crippen molar-refractivity contribution in [3.05, 3.63) is 62.8 Å². The molecule has 0 aliphatic rings. The Morgan fingerprint density at radius 2 is 2.10 bits per heavy atom. The quantitative estimate of drug-likeness (QED) is 0.788. The van der Waals surface area contributed by atoms with Crippen molar-refractivity contribution in [3.8, 4) is 5.75 Å². The molecule has 0 amide bonds. The molecule has 5 heteroatoms. The van der Waals surface area contributed by atoms with Crippen molar-refractivity contribution >= 4 is 27.5 Å². The second-order valence-electron chi connectivity index (χ2n) is 4.69. The number of rotatable bonds is 5. The van der Waals surface area contributed by atoms with Crippen LogP contribution in [-0.2, 0) is 6.54 Å². The van der Waals surface area contributed by atoms with Gasteiger partial charge >= 0.3 is 0 Å². The molecule has 0 radical (unpaired) electrons. The van der Waals surface area contributed by atoms with Crippen LogP contribution in [0.2, 0.25) is 5.02 Å². The van der Waals surface area contributed by atoms with Gasteiger partial charge in [0, 0.05) is 33.2 Å². The first-order valence-corrected chi connectivity index (χ1v) is 7.69. The van der Waals surface area contributed by atoms with E-state index in [-0.39, 0.29) is 11.9 Å². The minimum atomic E-state index is -0.240. The van der Waals surface area contributed by atoms with Crippen LogP contribution in [0.4, 0.5) is 4.39 Å². The summed E-state index contributed by atoms with van der Waals surface area (Å²) in [7, 11) is 1.60. The van der Waals surface area contributed by atoms with Gasteiger partial charge in [0.15, 0.2) is 0 Å². The first kappa shape index (κ1) is 16.3. The van der Waals surface area contributed by atoms with Gasteiger partial charge in [-0.05, 0) is 31.2 Å². The fraction of sp³-hybridized carbons (Fsp3) is 0.250. The molecule has 1 unspecified atom stereocenters. The van der Waals surface area contributed by atoms with Crippen LogP contribution in [0.25, 0.3) is 0 Å². The van der Waals surface area contributed by atoms with E-state index in [2.05, 4.69) is 21.2 Å². The number of halogens is 3. The summed E-state index contributed by atoms with van der Waals surface area (Å²) in [5, 5.41) is 3.90. The van der Waals surface area contributed by atoms with Gasteiger partial charge in [0.05, 0.1) is 7.11 Å². The van der Waals surface area contributed by atoms with Gasteiger partial charge < -0.3 is 10.1 Å². The Hall–Kier alpha value is -1.10. The molecule has 0 saturated carbocycles. The zero-order chi connectivity index (χ0) is 15.4. The Bertz CT molecular complexity index is 636. The topological polar surface area (TPSA) is 21.3 Å². The number of benzene rings is 2. The summed E-state index contributed by atoms with van der Waals surface area (Å²) >= 11 is 9.44. The molecule has 2 aromatic rings. The van der Waals surface area contributed by atoms with Crippen LogP contribution < -0.4 is 10.1 Å². The molecule has 0 fully saturated rings. The van der Waals surface area contributed by atoms with Gasteiger partial charge in [0.1, 0.15) is 11.6 Å². The van der Waals surface area contributed by atoms with E-state index in [1.807, 2.05) is 31.2 Å². The van der Waals surface area contributed by atoms with Crippen molar-refractivity contribution in [2.45, 2.75) is 19.5 Å². The van der Waals surface area contributed by atoms with E-state index < -0.39 is 0 Å². The average Bonchev–Trinajstić information content (AvgIpc) is 2.45. The predicted molar refractivity (Wildman–Crippen MR) is 87.4 cm³/mol. The largest absolute Gasteiger partial charge is 0.496 e. The second-order valence-corrected chi connectivity index (χ2v) is 6.01. The van der Waals surface area contributed by atoms with Crippen molar-refractivity contribution < 1.29 is 9.13 Å². The first-order valence-electron chi connectivity index (χ1n) is 6.52. The Morgan fingerprint density at radius 3 is 2.76 bits per heavy atom. The van der Waals surface area contributed by atoms with Gasteiger partial charge in [-0.1, -0.05) is 39.7 Å². The summed E-state index contributed by atoms with van der Waals surface area (Å²) < 4.78 is 20.0. The van der Waals surface area contributed by atoms with E-state index in [0.717, 1.165) is 15.8 Å². The van der Waals surface area contributed by atoms with Crippen LogP contribution in [0.5, 0.6) is 5.75 Å². The standard InChI is InChI=1S/C16H16BrClFNO/c1-10(12-7-6-11(17)8-15(12)19)20-9-13-14(18)4-3-5-16(13)21-2/h3-8,10,20H,9H2,1-2H3. The van der Waals surface area contributed by atoms with E-state index in [0.29, 0.717) is 17.1 Å². The predicted octanol–water partition coefficient (Wildman–Crippen LogP) is 5.10. The summed E-state index contributed by atoms with van der Waals surface area (Å²) in [5.74, 6) is 0.481. The molecule has 2 rings (SSSR count). The molecule has 112 valence electrons. The van der Waals surface area contributed by atoms with Crippen LogP contribution in [0.1, 0.15) is 24.1 Å². The fourth-order valence-electron chi connectivity index (χ4n) is 2.12. The van der Waals surface area contributed by atoms with E-state index in [1.165, 1.54) is 6.07 Å². The maximum atomic E-state index is 13.9. The molecule has 0 aliphatic heterocycles. The molecule has 0 aromatic heterocycles. The minimum Gasteiger partial charge on any atom is -0.496 e. The van der Waals surface area contributed by atoms with Crippen molar-refractivity contribution in [1.29, 1.82) is 0 Å². The Kier molecular flexibility index (Phi) is 5.62. The molecular formula is C16H16BrClFNO. The van der Waals surface area contributed by atoms with E-state index >= 15 is 0 Å². The van der Waals surface area contributed by atoms with Crippen LogP contribution in [0.3, 0.4) is 0 Å². The molecule has 0 bridgehead atoms. The lowest BCUT2D eigenvalue weighted by Gasteiger charge is -2.17. The molecule has 1 atom stereocenters. The second kappa shape index (κ2) is 7.25. The van der Waals surface area contributed by atoms with Gasteiger partial charge in [0.2, 0.25) is 0 Å². The normalized spacial score (nSPS) is 12.2. The van der Waals surface area contributed by atoms with Crippen molar-refractivity contribution in [3.63, 3.8) is 0 Å².